The largest absolute Gasteiger partial charge is 0.356 e. The lowest BCUT2D eigenvalue weighted by atomic mass is 10.0. The number of nitro groups is 1. The van der Waals surface area contributed by atoms with Gasteiger partial charge in [0.05, 0.1) is 4.92 Å². The van der Waals surface area contributed by atoms with Gasteiger partial charge in [-0.2, -0.15) is 0 Å². The summed E-state index contributed by atoms with van der Waals surface area (Å²) in [6, 6.07) is 3.25. The molecule has 2 aliphatic heterocycles. The monoisotopic (exact) mass is 304 g/mol. The number of piperidine rings is 1. The van der Waals surface area contributed by atoms with Gasteiger partial charge < -0.3 is 4.90 Å². The Labute approximate surface area is 131 Å². The molecule has 0 saturated carbocycles. The lowest BCUT2D eigenvalue weighted by Crippen LogP contribution is -2.46. The third-order valence-corrected chi connectivity index (χ3v) is 5.13. The van der Waals surface area contributed by atoms with Gasteiger partial charge in [-0.05, 0) is 52.1 Å². The molecule has 1 unspecified atom stereocenters. The lowest BCUT2D eigenvalue weighted by molar-refractivity contribution is -0.385. The van der Waals surface area contributed by atoms with Gasteiger partial charge in [-0.1, -0.05) is 0 Å². The average molecular weight is 304 g/mol. The van der Waals surface area contributed by atoms with E-state index in [1.165, 1.54) is 25.6 Å². The molecule has 22 heavy (non-hydrogen) atoms. The van der Waals surface area contributed by atoms with E-state index in [1.807, 2.05) is 6.07 Å². The number of hydrogen-bond acceptors (Lipinski definition) is 5. The molecular weight excluding hydrogens is 280 g/mol. The Balaban J connectivity index is 1.64. The van der Waals surface area contributed by atoms with Crippen LogP contribution in [-0.4, -0.2) is 46.5 Å². The number of likely N-dealkylation sites (tertiary alicyclic amines) is 1. The minimum absolute atomic E-state index is 0.101. The molecule has 0 radical (unpaired) electrons. The van der Waals surface area contributed by atoms with Crippen LogP contribution in [0.25, 0.3) is 0 Å². The highest BCUT2D eigenvalue weighted by molar-refractivity contribution is 5.48. The Kier molecular flexibility index (Phi) is 4.29. The molecule has 0 N–H and O–H groups in total. The summed E-state index contributed by atoms with van der Waals surface area (Å²) in [5, 5.41) is 10.9. The molecule has 0 aliphatic carbocycles. The Morgan fingerprint density at radius 1 is 1.27 bits per heavy atom. The molecule has 2 aliphatic rings. The summed E-state index contributed by atoms with van der Waals surface area (Å²) in [5.74, 6) is 0.871. The molecule has 2 fully saturated rings. The van der Waals surface area contributed by atoms with E-state index in [9.17, 15) is 10.1 Å². The highest BCUT2D eigenvalue weighted by atomic mass is 16.6. The summed E-state index contributed by atoms with van der Waals surface area (Å²) in [4.78, 5) is 19.7. The summed E-state index contributed by atoms with van der Waals surface area (Å²) >= 11 is 0. The molecule has 2 saturated heterocycles. The first-order valence-corrected chi connectivity index (χ1v) is 8.18. The third-order valence-electron chi connectivity index (χ3n) is 5.13. The Hall–Kier alpha value is -1.69. The summed E-state index contributed by atoms with van der Waals surface area (Å²) in [6.07, 6.45) is 6.34. The fourth-order valence-corrected chi connectivity index (χ4v) is 3.82. The highest BCUT2D eigenvalue weighted by Gasteiger charge is 2.30. The van der Waals surface area contributed by atoms with Gasteiger partial charge in [0.25, 0.3) is 5.69 Å². The maximum Gasteiger partial charge on any atom is 0.290 e. The van der Waals surface area contributed by atoms with Crippen LogP contribution in [0.3, 0.4) is 0 Å². The smallest absolute Gasteiger partial charge is 0.290 e. The predicted molar refractivity (Wildman–Crippen MR) is 86.3 cm³/mol. The van der Waals surface area contributed by atoms with Crippen molar-refractivity contribution >= 4 is 11.5 Å². The van der Waals surface area contributed by atoms with Crippen molar-refractivity contribution in [2.75, 3.05) is 24.5 Å². The van der Waals surface area contributed by atoms with Crippen molar-refractivity contribution in [3.05, 3.63) is 27.9 Å². The number of aromatic nitrogens is 1. The maximum atomic E-state index is 10.9. The highest BCUT2D eigenvalue weighted by Crippen LogP contribution is 2.28. The van der Waals surface area contributed by atoms with Crippen LogP contribution < -0.4 is 4.90 Å². The number of pyridine rings is 1. The zero-order chi connectivity index (χ0) is 15.7. The van der Waals surface area contributed by atoms with Crippen molar-refractivity contribution in [3.8, 4) is 0 Å². The van der Waals surface area contributed by atoms with Crippen molar-refractivity contribution in [2.45, 2.75) is 51.6 Å². The number of nitrogens with zero attached hydrogens (tertiary/aromatic N) is 4. The molecule has 0 bridgehead atoms. The van der Waals surface area contributed by atoms with Crippen molar-refractivity contribution in [3.63, 3.8) is 0 Å². The summed E-state index contributed by atoms with van der Waals surface area (Å²) in [7, 11) is 0. The molecule has 3 heterocycles. The Bertz CT molecular complexity index is 555. The molecule has 1 aromatic heterocycles. The maximum absolute atomic E-state index is 10.9. The molecule has 0 spiro atoms. The summed E-state index contributed by atoms with van der Waals surface area (Å²) in [5.41, 5.74) is 0.787. The minimum Gasteiger partial charge on any atom is -0.356 e. The van der Waals surface area contributed by atoms with Crippen molar-refractivity contribution in [1.29, 1.82) is 0 Å². The van der Waals surface area contributed by atoms with Crippen LogP contribution in [0.15, 0.2) is 12.3 Å². The molecule has 0 amide bonds. The van der Waals surface area contributed by atoms with E-state index in [4.69, 9.17) is 0 Å². The van der Waals surface area contributed by atoms with Gasteiger partial charge in [0.15, 0.2) is 0 Å². The zero-order valence-electron chi connectivity index (χ0n) is 13.4. The van der Waals surface area contributed by atoms with Crippen LogP contribution in [0, 0.1) is 17.0 Å². The normalized spacial score (nSPS) is 23.9. The lowest BCUT2D eigenvalue weighted by Gasteiger charge is -2.39. The first kappa shape index (κ1) is 15.2. The van der Waals surface area contributed by atoms with E-state index in [1.54, 1.807) is 6.92 Å². The Morgan fingerprint density at radius 3 is 2.55 bits per heavy atom. The van der Waals surface area contributed by atoms with Crippen LogP contribution in [0.1, 0.15) is 38.2 Å². The topological polar surface area (TPSA) is 62.5 Å². The van der Waals surface area contributed by atoms with Gasteiger partial charge >= 0.3 is 0 Å². The van der Waals surface area contributed by atoms with Crippen LogP contribution in [0.5, 0.6) is 0 Å². The summed E-state index contributed by atoms with van der Waals surface area (Å²) in [6.45, 7) is 7.32. The van der Waals surface area contributed by atoms with Crippen molar-refractivity contribution < 1.29 is 4.92 Å². The SMILES string of the molecule is Cc1cc(N2CCC(N3CCCC3C)CC2)ncc1[N+](=O)[O-]. The molecule has 3 rings (SSSR count). The molecule has 120 valence electrons. The van der Waals surface area contributed by atoms with E-state index in [-0.39, 0.29) is 10.6 Å². The van der Waals surface area contributed by atoms with Gasteiger partial charge in [0.1, 0.15) is 12.0 Å². The van der Waals surface area contributed by atoms with E-state index in [0.29, 0.717) is 11.6 Å². The van der Waals surface area contributed by atoms with Gasteiger partial charge in [-0.3, -0.25) is 15.0 Å². The van der Waals surface area contributed by atoms with Gasteiger partial charge in [-0.25, -0.2) is 4.98 Å². The average Bonchev–Trinajstić information content (AvgIpc) is 2.93. The molecule has 6 nitrogen and oxygen atoms in total. The second-order valence-corrected chi connectivity index (χ2v) is 6.53. The number of aryl methyl sites for hydroxylation is 1. The van der Waals surface area contributed by atoms with Crippen LogP contribution in [0.2, 0.25) is 0 Å². The molecular formula is C16H24N4O2. The summed E-state index contributed by atoms with van der Waals surface area (Å²) < 4.78 is 0. The fraction of sp³-hybridized carbons (Fsp3) is 0.688. The first-order chi connectivity index (χ1) is 10.6. The van der Waals surface area contributed by atoms with Crippen molar-refractivity contribution in [2.24, 2.45) is 0 Å². The van der Waals surface area contributed by atoms with E-state index >= 15 is 0 Å². The van der Waals surface area contributed by atoms with Gasteiger partial charge in [0, 0.05) is 30.7 Å². The van der Waals surface area contributed by atoms with Crippen LogP contribution >= 0.6 is 0 Å². The fourth-order valence-electron chi connectivity index (χ4n) is 3.82. The minimum atomic E-state index is -0.368. The van der Waals surface area contributed by atoms with Crippen molar-refractivity contribution in [1.82, 2.24) is 9.88 Å². The van der Waals surface area contributed by atoms with E-state index < -0.39 is 0 Å². The van der Waals surface area contributed by atoms with Crippen LogP contribution in [-0.2, 0) is 0 Å². The number of anilines is 1. The second kappa shape index (κ2) is 6.20. The molecule has 0 aromatic carbocycles. The predicted octanol–water partition coefficient (Wildman–Crippen LogP) is 2.75. The zero-order valence-corrected chi connectivity index (χ0v) is 13.4. The van der Waals surface area contributed by atoms with E-state index in [2.05, 4.69) is 21.7 Å². The molecule has 1 atom stereocenters. The molecule has 1 aromatic rings. The standard InChI is InChI=1S/C16H24N4O2/c1-12-10-16(17-11-15(12)20(21)22)18-8-5-14(6-9-18)19-7-3-4-13(19)2/h10-11,13-14H,3-9H2,1-2H3. The Morgan fingerprint density at radius 2 is 2.00 bits per heavy atom. The van der Waals surface area contributed by atoms with Gasteiger partial charge in [0.2, 0.25) is 0 Å². The molecule has 6 heteroatoms. The quantitative estimate of drug-likeness (QED) is 0.634. The van der Waals surface area contributed by atoms with Gasteiger partial charge in [-0.15, -0.1) is 0 Å². The second-order valence-electron chi connectivity index (χ2n) is 6.53. The number of rotatable bonds is 3. The van der Waals surface area contributed by atoms with Crippen LogP contribution in [0.4, 0.5) is 11.5 Å². The van der Waals surface area contributed by atoms with E-state index in [0.717, 1.165) is 37.8 Å². The third kappa shape index (κ3) is 2.92. The number of hydrogen-bond donors (Lipinski definition) is 0. The first-order valence-electron chi connectivity index (χ1n) is 8.18.